The summed E-state index contributed by atoms with van der Waals surface area (Å²) < 4.78 is 10.3. The Hall–Kier alpha value is -0.846. The maximum absolute atomic E-state index is 5.13. The van der Waals surface area contributed by atoms with Crippen molar-refractivity contribution in [3.05, 3.63) is 0 Å². The molecule has 0 aliphatic rings. The SMILES string of the molecule is C[Si](C)(C)C#COCCOC#C[Si](C)(C)C. The summed E-state index contributed by atoms with van der Waals surface area (Å²) in [5, 5.41) is 0. The van der Waals surface area contributed by atoms with E-state index < -0.39 is 16.1 Å². The molecule has 0 atom stereocenters. The lowest BCUT2D eigenvalue weighted by Crippen LogP contribution is -2.17. The van der Waals surface area contributed by atoms with Crippen molar-refractivity contribution >= 4 is 16.1 Å². The predicted molar refractivity (Wildman–Crippen MR) is 74.1 cm³/mol. The molecule has 0 unspecified atom stereocenters. The molecule has 2 nitrogen and oxygen atoms in total. The van der Waals surface area contributed by atoms with E-state index in [4.69, 9.17) is 9.47 Å². The van der Waals surface area contributed by atoms with Gasteiger partial charge < -0.3 is 9.47 Å². The van der Waals surface area contributed by atoms with E-state index in [0.717, 1.165) is 0 Å². The Labute approximate surface area is 102 Å². The summed E-state index contributed by atoms with van der Waals surface area (Å²) >= 11 is 0. The molecule has 16 heavy (non-hydrogen) atoms. The molecule has 0 radical (unpaired) electrons. The van der Waals surface area contributed by atoms with Crippen molar-refractivity contribution in [2.75, 3.05) is 13.2 Å². The molecule has 0 saturated heterocycles. The van der Waals surface area contributed by atoms with E-state index in [-0.39, 0.29) is 0 Å². The second kappa shape index (κ2) is 6.68. The summed E-state index contributed by atoms with van der Waals surface area (Å²) in [6.45, 7) is 14.0. The van der Waals surface area contributed by atoms with Crippen LogP contribution in [0.1, 0.15) is 0 Å². The largest absolute Gasteiger partial charge is 0.443 e. The molecule has 0 aromatic carbocycles. The third kappa shape index (κ3) is 13.2. The van der Waals surface area contributed by atoms with Crippen LogP contribution in [0.3, 0.4) is 0 Å². The smallest absolute Gasteiger partial charge is 0.135 e. The van der Waals surface area contributed by atoms with Crippen molar-refractivity contribution in [3.63, 3.8) is 0 Å². The van der Waals surface area contributed by atoms with E-state index in [2.05, 4.69) is 62.6 Å². The van der Waals surface area contributed by atoms with Gasteiger partial charge in [-0.1, -0.05) is 50.4 Å². The van der Waals surface area contributed by atoms with Crippen LogP contribution in [0, 0.1) is 23.3 Å². The fourth-order valence-electron chi connectivity index (χ4n) is 0.564. The standard InChI is InChI=1S/C12H22O2Si2/c1-15(2,3)11-9-13-7-8-14-10-12-16(4,5)6/h7-8H2,1-6H3. The van der Waals surface area contributed by atoms with E-state index in [9.17, 15) is 0 Å². The van der Waals surface area contributed by atoms with Crippen molar-refractivity contribution in [1.29, 1.82) is 0 Å². The molecule has 0 amide bonds. The van der Waals surface area contributed by atoms with Crippen LogP contribution < -0.4 is 0 Å². The second-order valence-corrected chi connectivity index (χ2v) is 15.2. The van der Waals surface area contributed by atoms with Crippen molar-refractivity contribution in [2.45, 2.75) is 39.3 Å². The molecule has 0 aliphatic carbocycles. The van der Waals surface area contributed by atoms with Crippen LogP contribution in [0.2, 0.25) is 39.3 Å². The fraction of sp³-hybridized carbons (Fsp3) is 0.667. The van der Waals surface area contributed by atoms with Crippen LogP contribution >= 0.6 is 0 Å². The lowest BCUT2D eigenvalue weighted by Gasteiger charge is -2.04. The Morgan fingerprint density at radius 1 is 0.688 bits per heavy atom. The van der Waals surface area contributed by atoms with Crippen LogP contribution in [-0.4, -0.2) is 29.4 Å². The van der Waals surface area contributed by atoms with E-state index in [0.29, 0.717) is 13.2 Å². The normalized spacial score (nSPS) is 10.6. The van der Waals surface area contributed by atoms with Crippen LogP contribution in [0.25, 0.3) is 0 Å². The van der Waals surface area contributed by atoms with E-state index in [1.54, 1.807) is 0 Å². The molecule has 0 N–H and O–H groups in total. The zero-order chi connectivity index (χ0) is 12.7. The number of hydrogen-bond acceptors (Lipinski definition) is 2. The van der Waals surface area contributed by atoms with Gasteiger partial charge in [0.05, 0.1) is 0 Å². The maximum Gasteiger partial charge on any atom is 0.135 e. The third-order valence-electron chi connectivity index (χ3n) is 1.28. The Kier molecular flexibility index (Phi) is 6.32. The van der Waals surface area contributed by atoms with Gasteiger partial charge in [0.1, 0.15) is 41.6 Å². The molecular weight excluding hydrogens is 232 g/mol. The minimum absolute atomic E-state index is 0.484. The van der Waals surface area contributed by atoms with Crippen LogP contribution in [-0.2, 0) is 9.47 Å². The van der Waals surface area contributed by atoms with Crippen LogP contribution in [0.15, 0.2) is 0 Å². The van der Waals surface area contributed by atoms with Gasteiger partial charge in [0.25, 0.3) is 0 Å². The highest BCUT2D eigenvalue weighted by Gasteiger charge is 2.08. The Morgan fingerprint density at radius 2 is 1.00 bits per heavy atom. The molecule has 0 aromatic rings. The second-order valence-electron chi connectivity index (χ2n) is 5.65. The molecule has 0 rings (SSSR count). The first-order chi connectivity index (χ1) is 7.21. The van der Waals surface area contributed by atoms with E-state index in [1.165, 1.54) is 0 Å². The van der Waals surface area contributed by atoms with Crippen LogP contribution in [0.5, 0.6) is 0 Å². The van der Waals surface area contributed by atoms with Crippen molar-refractivity contribution in [3.8, 4) is 23.3 Å². The first-order valence-electron chi connectivity index (χ1n) is 5.49. The molecular formula is C12H22O2Si2. The fourth-order valence-corrected chi connectivity index (χ4v) is 1.32. The number of hydrogen-bond donors (Lipinski definition) is 0. The molecule has 0 aromatic heterocycles. The van der Waals surface area contributed by atoms with Gasteiger partial charge in [0.2, 0.25) is 0 Å². The summed E-state index contributed by atoms with van der Waals surface area (Å²) in [7, 11) is -2.61. The first-order valence-corrected chi connectivity index (χ1v) is 12.5. The Bertz CT molecular complexity index is 281. The Morgan fingerprint density at radius 3 is 1.25 bits per heavy atom. The van der Waals surface area contributed by atoms with Gasteiger partial charge in [-0.05, 0) is 0 Å². The first kappa shape index (κ1) is 15.2. The highest BCUT2D eigenvalue weighted by molar-refractivity contribution is 6.84. The summed E-state index contributed by atoms with van der Waals surface area (Å²) in [5.74, 6) is 0. The van der Waals surface area contributed by atoms with Gasteiger partial charge in [-0.3, -0.25) is 0 Å². The van der Waals surface area contributed by atoms with Crippen molar-refractivity contribution in [1.82, 2.24) is 0 Å². The van der Waals surface area contributed by atoms with Crippen molar-refractivity contribution < 1.29 is 9.47 Å². The maximum atomic E-state index is 5.13. The quantitative estimate of drug-likeness (QED) is 0.438. The average Bonchev–Trinajstić information content (AvgIpc) is 2.06. The van der Waals surface area contributed by atoms with Crippen LogP contribution in [0.4, 0.5) is 0 Å². The molecule has 90 valence electrons. The van der Waals surface area contributed by atoms with Gasteiger partial charge in [-0.25, -0.2) is 0 Å². The molecule has 0 bridgehead atoms. The minimum atomic E-state index is -1.31. The molecule has 4 heteroatoms. The summed E-state index contributed by atoms with van der Waals surface area (Å²) in [4.78, 5) is 0. The molecule has 0 saturated carbocycles. The minimum Gasteiger partial charge on any atom is -0.443 e. The van der Waals surface area contributed by atoms with E-state index in [1.807, 2.05) is 0 Å². The van der Waals surface area contributed by atoms with Gasteiger partial charge in [0.15, 0.2) is 0 Å². The topological polar surface area (TPSA) is 18.5 Å². The summed E-state index contributed by atoms with van der Waals surface area (Å²) in [5.41, 5.74) is 6.24. The highest BCUT2D eigenvalue weighted by atomic mass is 28.3. The average molecular weight is 254 g/mol. The van der Waals surface area contributed by atoms with Gasteiger partial charge >= 0.3 is 0 Å². The molecule has 0 heterocycles. The lowest BCUT2D eigenvalue weighted by atomic mass is 10.8. The molecule has 0 aliphatic heterocycles. The summed E-state index contributed by atoms with van der Waals surface area (Å²) in [6, 6.07) is 0. The monoisotopic (exact) mass is 254 g/mol. The van der Waals surface area contributed by atoms with Crippen molar-refractivity contribution in [2.24, 2.45) is 0 Å². The molecule has 0 spiro atoms. The number of rotatable bonds is 3. The zero-order valence-electron chi connectivity index (χ0n) is 11.2. The van der Waals surface area contributed by atoms with Gasteiger partial charge in [-0.2, -0.15) is 0 Å². The predicted octanol–water partition coefficient (Wildman–Crippen LogP) is 2.70. The highest BCUT2D eigenvalue weighted by Crippen LogP contribution is 1.96. The lowest BCUT2D eigenvalue weighted by molar-refractivity contribution is 0.175. The number of ether oxygens (including phenoxy) is 2. The van der Waals surface area contributed by atoms with E-state index >= 15 is 0 Å². The van der Waals surface area contributed by atoms with Gasteiger partial charge in [0, 0.05) is 0 Å². The summed E-state index contributed by atoms with van der Waals surface area (Å²) in [6.07, 6.45) is 5.45. The Balaban J connectivity index is 3.61. The third-order valence-corrected chi connectivity index (χ3v) is 2.99. The zero-order valence-corrected chi connectivity index (χ0v) is 13.2. The van der Waals surface area contributed by atoms with Gasteiger partial charge in [-0.15, -0.1) is 0 Å². The molecule has 0 fully saturated rings.